The van der Waals surface area contributed by atoms with Crippen molar-refractivity contribution in [2.75, 3.05) is 7.11 Å². The highest BCUT2D eigenvalue weighted by molar-refractivity contribution is 9.10. The van der Waals surface area contributed by atoms with Gasteiger partial charge in [-0.2, -0.15) is 0 Å². The summed E-state index contributed by atoms with van der Waals surface area (Å²) < 4.78 is 20.4. The maximum atomic E-state index is 13.6. The smallest absolute Gasteiger partial charge is 0.266 e. The Morgan fingerprint density at radius 3 is 2.76 bits per heavy atom. The van der Waals surface area contributed by atoms with Gasteiger partial charge in [0, 0.05) is 17.6 Å². The summed E-state index contributed by atoms with van der Waals surface area (Å²) >= 11 is 3.10. The number of carbonyl (C=O) groups is 1. The van der Waals surface area contributed by atoms with Crippen LogP contribution in [0.3, 0.4) is 0 Å². The van der Waals surface area contributed by atoms with Crippen molar-refractivity contribution >= 4 is 32.7 Å². The first kappa shape index (κ1) is 13.8. The zero-order valence-electron chi connectivity index (χ0n) is 11.1. The third-order valence-electron chi connectivity index (χ3n) is 3.29. The van der Waals surface area contributed by atoms with Crippen molar-refractivity contribution in [2.45, 2.75) is 0 Å². The highest BCUT2D eigenvalue weighted by Gasteiger charge is 2.18. The number of fused-ring (bicyclic) bond motifs is 1. The predicted octanol–water partition coefficient (Wildman–Crippen LogP) is 4.24. The summed E-state index contributed by atoms with van der Waals surface area (Å²) in [6, 6.07) is 12.1. The van der Waals surface area contributed by atoms with E-state index in [4.69, 9.17) is 4.74 Å². The van der Waals surface area contributed by atoms with Crippen LogP contribution < -0.4 is 4.74 Å². The molecule has 0 aliphatic heterocycles. The van der Waals surface area contributed by atoms with E-state index in [-0.39, 0.29) is 16.1 Å². The van der Waals surface area contributed by atoms with Crippen molar-refractivity contribution in [2.24, 2.45) is 0 Å². The van der Waals surface area contributed by atoms with Gasteiger partial charge in [0.2, 0.25) is 0 Å². The number of hydrogen-bond donors (Lipinski definition) is 0. The lowest BCUT2D eigenvalue weighted by Gasteiger charge is -2.10. The average Bonchev–Trinajstić information content (AvgIpc) is 2.92. The Balaban J connectivity index is 2.16. The number of methoxy groups -OCH3 is 1. The standard InChI is InChI=1S/C16H11BrFNO2/c1-21-15-9-13(18)12(17)8-11(15)16(20)19-7-6-10-4-2-3-5-14(10)19/h2-9H,1H3. The Morgan fingerprint density at radius 2 is 2.00 bits per heavy atom. The number of para-hydroxylation sites is 1. The molecule has 0 unspecified atom stereocenters. The van der Waals surface area contributed by atoms with Crippen LogP contribution in [0.2, 0.25) is 0 Å². The quantitative estimate of drug-likeness (QED) is 0.694. The van der Waals surface area contributed by atoms with E-state index in [1.165, 1.54) is 23.8 Å². The molecule has 0 saturated heterocycles. The highest BCUT2D eigenvalue weighted by Crippen LogP contribution is 2.28. The number of halogens is 2. The first-order valence-electron chi connectivity index (χ1n) is 6.25. The molecule has 3 aromatic rings. The van der Waals surface area contributed by atoms with Gasteiger partial charge in [-0.3, -0.25) is 9.36 Å². The second-order valence-electron chi connectivity index (χ2n) is 4.52. The number of aromatic nitrogens is 1. The van der Waals surface area contributed by atoms with E-state index < -0.39 is 5.82 Å². The second-order valence-corrected chi connectivity index (χ2v) is 5.37. The van der Waals surface area contributed by atoms with Crippen LogP contribution in [0, 0.1) is 5.82 Å². The molecule has 0 fully saturated rings. The number of hydrogen-bond acceptors (Lipinski definition) is 2. The zero-order chi connectivity index (χ0) is 15.0. The topological polar surface area (TPSA) is 31.2 Å². The fourth-order valence-corrected chi connectivity index (χ4v) is 2.60. The molecule has 0 saturated carbocycles. The summed E-state index contributed by atoms with van der Waals surface area (Å²) in [4.78, 5) is 12.7. The van der Waals surface area contributed by atoms with Gasteiger partial charge < -0.3 is 4.74 Å². The fraction of sp³-hybridized carbons (Fsp3) is 0.0625. The number of rotatable bonds is 2. The molecule has 0 bridgehead atoms. The van der Waals surface area contributed by atoms with Gasteiger partial charge in [-0.15, -0.1) is 0 Å². The van der Waals surface area contributed by atoms with Crippen molar-refractivity contribution in [3.05, 3.63) is 64.5 Å². The van der Waals surface area contributed by atoms with Crippen molar-refractivity contribution in [1.29, 1.82) is 0 Å². The van der Waals surface area contributed by atoms with E-state index in [0.29, 0.717) is 5.56 Å². The number of nitrogens with zero attached hydrogens (tertiary/aromatic N) is 1. The molecule has 5 heteroatoms. The Morgan fingerprint density at radius 1 is 1.24 bits per heavy atom. The maximum absolute atomic E-state index is 13.6. The minimum atomic E-state index is -0.472. The molecule has 1 aromatic heterocycles. The van der Waals surface area contributed by atoms with Gasteiger partial charge >= 0.3 is 0 Å². The lowest BCUT2D eigenvalue weighted by Crippen LogP contribution is -2.12. The number of ether oxygens (including phenoxy) is 1. The van der Waals surface area contributed by atoms with E-state index >= 15 is 0 Å². The molecule has 0 radical (unpaired) electrons. The lowest BCUT2D eigenvalue weighted by atomic mass is 10.1. The van der Waals surface area contributed by atoms with Crippen LogP contribution >= 0.6 is 15.9 Å². The molecule has 0 spiro atoms. The average molecular weight is 348 g/mol. The minimum absolute atomic E-state index is 0.207. The monoisotopic (exact) mass is 347 g/mol. The first-order valence-corrected chi connectivity index (χ1v) is 7.05. The highest BCUT2D eigenvalue weighted by atomic mass is 79.9. The second kappa shape index (κ2) is 5.33. The maximum Gasteiger partial charge on any atom is 0.266 e. The minimum Gasteiger partial charge on any atom is -0.496 e. The summed E-state index contributed by atoms with van der Waals surface area (Å²) in [6.45, 7) is 0. The van der Waals surface area contributed by atoms with Gasteiger partial charge in [0.1, 0.15) is 11.6 Å². The van der Waals surface area contributed by atoms with E-state index in [1.807, 2.05) is 30.3 Å². The normalized spacial score (nSPS) is 10.8. The Bertz CT molecular complexity index is 841. The molecule has 21 heavy (non-hydrogen) atoms. The van der Waals surface area contributed by atoms with Crippen LogP contribution in [0.1, 0.15) is 10.4 Å². The Hall–Kier alpha value is -2.14. The van der Waals surface area contributed by atoms with Crippen LogP contribution in [0.25, 0.3) is 10.9 Å². The van der Waals surface area contributed by atoms with Gasteiger partial charge in [-0.25, -0.2) is 4.39 Å². The SMILES string of the molecule is COc1cc(F)c(Br)cc1C(=O)n1ccc2ccccc21. The zero-order valence-corrected chi connectivity index (χ0v) is 12.7. The third kappa shape index (κ3) is 2.34. The summed E-state index contributed by atoms with van der Waals surface area (Å²) in [5.41, 5.74) is 1.09. The fourth-order valence-electron chi connectivity index (χ4n) is 2.25. The molecule has 0 atom stereocenters. The summed E-state index contributed by atoms with van der Waals surface area (Å²) in [6.07, 6.45) is 1.70. The molecule has 1 heterocycles. The Kier molecular flexibility index (Phi) is 3.51. The lowest BCUT2D eigenvalue weighted by molar-refractivity contribution is 0.0962. The van der Waals surface area contributed by atoms with Gasteiger partial charge in [0.15, 0.2) is 0 Å². The number of carbonyl (C=O) groups excluding carboxylic acids is 1. The van der Waals surface area contributed by atoms with E-state index in [2.05, 4.69) is 15.9 Å². The van der Waals surface area contributed by atoms with Gasteiger partial charge in [-0.05, 0) is 34.1 Å². The van der Waals surface area contributed by atoms with Crippen LogP contribution in [0.4, 0.5) is 4.39 Å². The van der Waals surface area contributed by atoms with Gasteiger partial charge in [-0.1, -0.05) is 18.2 Å². The molecule has 0 N–H and O–H groups in total. The number of benzene rings is 2. The van der Waals surface area contributed by atoms with Crippen molar-refractivity contribution in [3.63, 3.8) is 0 Å². The Labute approximate surface area is 129 Å². The van der Waals surface area contributed by atoms with Crippen molar-refractivity contribution in [1.82, 2.24) is 4.57 Å². The molecular weight excluding hydrogens is 337 g/mol. The van der Waals surface area contributed by atoms with E-state index in [1.54, 1.807) is 6.20 Å². The van der Waals surface area contributed by atoms with E-state index in [9.17, 15) is 9.18 Å². The van der Waals surface area contributed by atoms with Crippen LogP contribution in [-0.4, -0.2) is 17.6 Å². The van der Waals surface area contributed by atoms with Gasteiger partial charge in [0.25, 0.3) is 5.91 Å². The van der Waals surface area contributed by atoms with E-state index in [0.717, 1.165) is 10.9 Å². The van der Waals surface area contributed by atoms with Crippen LogP contribution in [0.5, 0.6) is 5.75 Å². The summed E-state index contributed by atoms with van der Waals surface area (Å²) in [5, 5.41) is 0.964. The molecule has 0 amide bonds. The summed E-state index contributed by atoms with van der Waals surface area (Å²) in [7, 11) is 1.41. The molecule has 0 aliphatic carbocycles. The van der Waals surface area contributed by atoms with Crippen LogP contribution in [-0.2, 0) is 0 Å². The molecular formula is C16H11BrFNO2. The molecule has 2 aromatic carbocycles. The predicted molar refractivity (Wildman–Crippen MR) is 82.3 cm³/mol. The first-order chi connectivity index (χ1) is 10.1. The molecule has 3 nitrogen and oxygen atoms in total. The third-order valence-corrected chi connectivity index (χ3v) is 3.90. The van der Waals surface area contributed by atoms with Crippen molar-refractivity contribution < 1.29 is 13.9 Å². The molecule has 106 valence electrons. The van der Waals surface area contributed by atoms with Gasteiger partial charge in [0.05, 0.1) is 22.7 Å². The largest absolute Gasteiger partial charge is 0.496 e. The molecule has 3 rings (SSSR count). The van der Waals surface area contributed by atoms with Crippen LogP contribution in [0.15, 0.2) is 53.1 Å². The molecule has 0 aliphatic rings. The summed E-state index contributed by atoms with van der Waals surface area (Å²) in [5.74, 6) is -0.534. The van der Waals surface area contributed by atoms with Crippen molar-refractivity contribution in [3.8, 4) is 5.75 Å².